The number of aliphatic hydroxyl groups is 1. The van der Waals surface area contributed by atoms with Crippen LogP contribution in [0.2, 0.25) is 0 Å². The van der Waals surface area contributed by atoms with Crippen LogP contribution in [0.15, 0.2) is 11.6 Å². The SMILES string of the molecule is CC=C1CCC2CC(O)C[C@H](C)[C@]2(C)C1. The molecule has 0 bridgehead atoms. The molecule has 2 rings (SSSR count). The Morgan fingerprint density at radius 1 is 1.40 bits per heavy atom. The monoisotopic (exact) mass is 208 g/mol. The molecule has 1 N–H and O–H groups in total. The number of fused-ring (bicyclic) bond motifs is 1. The maximum Gasteiger partial charge on any atom is 0.0545 e. The Morgan fingerprint density at radius 3 is 2.80 bits per heavy atom. The zero-order chi connectivity index (χ0) is 11.1. The molecule has 0 aliphatic heterocycles. The highest BCUT2D eigenvalue weighted by Crippen LogP contribution is 2.54. The van der Waals surface area contributed by atoms with E-state index in [1.807, 2.05) is 0 Å². The summed E-state index contributed by atoms with van der Waals surface area (Å²) in [5, 5.41) is 9.84. The van der Waals surface area contributed by atoms with Gasteiger partial charge in [-0.25, -0.2) is 0 Å². The van der Waals surface area contributed by atoms with Gasteiger partial charge < -0.3 is 5.11 Å². The van der Waals surface area contributed by atoms with Crippen LogP contribution in [-0.2, 0) is 0 Å². The molecular formula is C14H24O. The van der Waals surface area contributed by atoms with Gasteiger partial charge in [-0.2, -0.15) is 0 Å². The Kier molecular flexibility index (Phi) is 2.94. The molecule has 0 spiro atoms. The highest BCUT2D eigenvalue weighted by atomic mass is 16.3. The van der Waals surface area contributed by atoms with Crippen molar-refractivity contribution in [1.29, 1.82) is 0 Å². The van der Waals surface area contributed by atoms with Crippen LogP contribution in [0.4, 0.5) is 0 Å². The first kappa shape index (κ1) is 11.2. The van der Waals surface area contributed by atoms with Crippen LogP contribution in [-0.4, -0.2) is 11.2 Å². The van der Waals surface area contributed by atoms with E-state index in [9.17, 15) is 5.11 Å². The molecule has 2 aliphatic rings. The van der Waals surface area contributed by atoms with E-state index in [0.717, 1.165) is 18.8 Å². The van der Waals surface area contributed by atoms with Gasteiger partial charge in [0.25, 0.3) is 0 Å². The van der Waals surface area contributed by atoms with E-state index in [4.69, 9.17) is 0 Å². The number of rotatable bonds is 0. The van der Waals surface area contributed by atoms with Crippen molar-refractivity contribution in [1.82, 2.24) is 0 Å². The lowest BCUT2D eigenvalue weighted by Crippen LogP contribution is -2.44. The zero-order valence-electron chi connectivity index (χ0n) is 10.3. The first-order valence-electron chi connectivity index (χ1n) is 6.38. The Morgan fingerprint density at radius 2 is 2.13 bits per heavy atom. The van der Waals surface area contributed by atoms with Crippen molar-refractivity contribution < 1.29 is 5.11 Å². The second kappa shape index (κ2) is 3.93. The molecule has 2 unspecified atom stereocenters. The topological polar surface area (TPSA) is 20.2 Å². The Hall–Kier alpha value is -0.300. The molecule has 2 saturated carbocycles. The third-order valence-corrected chi connectivity index (χ3v) is 5.07. The maximum absolute atomic E-state index is 9.84. The molecule has 0 amide bonds. The molecule has 0 aromatic carbocycles. The second-order valence-electron chi connectivity index (χ2n) is 5.89. The van der Waals surface area contributed by atoms with Crippen LogP contribution >= 0.6 is 0 Å². The second-order valence-corrected chi connectivity index (χ2v) is 5.89. The molecule has 2 fully saturated rings. The summed E-state index contributed by atoms with van der Waals surface area (Å²) in [7, 11) is 0. The minimum absolute atomic E-state index is 0.0368. The van der Waals surface area contributed by atoms with Gasteiger partial charge in [-0.05, 0) is 56.3 Å². The van der Waals surface area contributed by atoms with Crippen molar-refractivity contribution in [3.8, 4) is 0 Å². The lowest BCUT2D eigenvalue weighted by molar-refractivity contribution is -0.0381. The van der Waals surface area contributed by atoms with Crippen molar-refractivity contribution >= 4 is 0 Å². The molecule has 0 radical (unpaired) electrons. The van der Waals surface area contributed by atoms with Crippen LogP contribution in [0.5, 0.6) is 0 Å². The van der Waals surface area contributed by atoms with Gasteiger partial charge in [0.1, 0.15) is 0 Å². The standard InChI is InChI=1S/C14H24O/c1-4-11-5-6-12-8-13(15)7-10(2)14(12,3)9-11/h4,10,12-13,15H,5-9H2,1-3H3/t10-,12?,13?,14-/m0/s1. The molecule has 0 aromatic heterocycles. The molecule has 4 atom stereocenters. The lowest BCUT2D eigenvalue weighted by atomic mass is 9.54. The fraction of sp³-hybridized carbons (Fsp3) is 0.857. The summed E-state index contributed by atoms with van der Waals surface area (Å²) in [5.74, 6) is 1.42. The van der Waals surface area contributed by atoms with Crippen LogP contribution in [0.25, 0.3) is 0 Å². The van der Waals surface area contributed by atoms with E-state index < -0.39 is 0 Å². The summed E-state index contributed by atoms with van der Waals surface area (Å²) < 4.78 is 0. The van der Waals surface area contributed by atoms with Gasteiger partial charge >= 0.3 is 0 Å². The average molecular weight is 208 g/mol. The van der Waals surface area contributed by atoms with Gasteiger partial charge in [0.15, 0.2) is 0 Å². The van der Waals surface area contributed by atoms with E-state index in [0.29, 0.717) is 11.3 Å². The first-order valence-corrected chi connectivity index (χ1v) is 6.38. The Labute approximate surface area is 93.6 Å². The van der Waals surface area contributed by atoms with Gasteiger partial charge in [-0.3, -0.25) is 0 Å². The molecule has 1 heteroatoms. The molecule has 0 heterocycles. The highest BCUT2D eigenvalue weighted by Gasteiger charge is 2.46. The third-order valence-electron chi connectivity index (χ3n) is 5.07. The predicted molar refractivity (Wildman–Crippen MR) is 63.6 cm³/mol. The van der Waals surface area contributed by atoms with E-state index in [2.05, 4.69) is 26.8 Å². The zero-order valence-corrected chi connectivity index (χ0v) is 10.3. The van der Waals surface area contributed by atoms with Crippen LogP contribution in [0, 0.1) is 17.3 Å². The summed E-state index contributed by atoms with van der Waals surface area (Å²) in [4.78, 5) is 0. The molecule has 86 valence electrons. The normalized spacial score (nSPS) is 49.1. The summed E-state index contributed by atoms with van der Waals surface area (Å²) in [6, 6.07) is 0. The third kappa shape index (κ3) is 1.87. The number of aliphatic hydroxyl groups excluding tert-OH is 1. The van der Waals surface area contributed by atoms with E-state index in [1.165, 1.54) is 19.3 Å². The van der Waals surface area contributed by atoms with Gasteiger partial charge in [0.2, 0.25) is 0 Å². The van der Waals surface area contributed by atoms with Crippen molar-refractivity contribution in [3.05, 3.63) is 11.6 Å². The van der Waals surface area contributed by atoms with Gasteiger partial charge in [0.05, 0.1) is 6.10 Å². The quantitative estimate of drug-likeness (QED) is 0.604. The molecule has 1 nitrogen and oxygen atoms in total. The summed E-state index contributed by atoms with van der Waals surface area (Å²) in [6.45, 7) is 6.94. The van der Waals surface area contributed by atoms with Crippen LogP contribution in [0.3, 0.4) is 0 Å². The summed E-state index contributed by atoms with van der Waals surface area (Å²) >= 11 is 0. The van der Waals surface area contributed by atoms with Crippen molar-refractivity contribution in [2.24, 2.45) is 17.3 Å². The van der Waals surface area contributed by atoms with Crippen LogP contribution in [0.1, 0.15) is 52.9 Å². The molecular weight excluding hydrogens is 184 g/mol. The number of allylic oxidation sites excluding steroid dienone is 2. The lowest BCUT2D eigenvalue weighted by Gasteiger charge is -2.51. The van der Waals surface area contributed by atoms with E-state index in [-0.39, 0.29) is 6.10 Å². The largest absolute Gasteiger partial charge is 0.393 e. The van der Waals surface area contributed by atoms with Crippen molar-refractivity contribution in [2.45, 2.75) is 59.0 Å². The highest BCUT2D eigenvalue weighted by molar-refractivity contribution is 5.12. The van der Waals surface area contributed by atoms with Gasteiger partial charge in [-0.15, -0.1) is 0 Å². The van der Waals surface area contributed by atoms with Crippen LogP contribution < -0.4 is 0 Å². The Bertz CT molecular complexity index is 269. The summed E-state index contributed by atoms with van der Waals surface area (Å²) in [5.41, 5.74) is 2.09. The van der Waals surface area contributed by atoms with Gasteiger partial charge in [0, 0.05) is 0 Å². The number of hydrogen-bond acceptors (Lipinski definition) is 1. The minimum atomic E-state index is -0.0368. The summed E-state index contributed by atoms with van der Waals surface area (Å²) in [6.07, 6.45) is 8.13. The van der Waals surface area contributed by atoms with Gasteiger partial charge in [-0.1, -0.05) is 25.5 Å². The smallest absolute Gasteiger partial charge is 0.0545 e. The molecule has 0 aromatic rings. The Balaban J connectivity index is 2.20. The fourth-order valence-electron chi connectivity index (χ4n) is 3.72. The maximum atomic E-state index is 9.84. The van der Waals surface area contributed by atoms with Crippen molar-refractivity contribution in [2.75, 3.05) is 0 Å². The molecule has 2 aliphatic carbocycles. The first-order chi connectivity index (χ1) is 7.06. The number of hydrogen-bond donors (Lipinski definition) is 1. The predicted octanol–water partition coefficient (Wildman–Crippen LogP) is 3.53. The fourth-order valence-corrected chi connectivity index (χ4v) is 3.72. The van der Waals surface area contributed by atoms with E-state index in [1.54, 1.807) is 5.57 Å². The van der Waals surface area contributed by atoms with Crippen molar-refractivity contribution in [3.63, 3.8) is 0 Å². The van der Waals surface area contributed by atoms with E-state index >= 15 is 0 Å². The molecule has 0 saturated heterocycles. The molecule has 15 heavy (non-hydrogen) atoms. The minimum Gasteiger partial charge on any atom is -0.393 e. The average Bonchev–Trinajstić information content (AvgIpc) is 2.19.